The van der Waals surface area contributed by atoms with E-state index in [4.69, 9.17) is 4.74 Å². The molecule has 0 radical (unpaired) electrons. The Labute approximate surface area is 248 Å². The summed E-state index contributed by atoms with van der Waals surface area (Å²) >= 11 is 0. The number of fused-ring (bicyclic) bond motifs is 1. The zero-order valence-electron chi connectivity index (χ0n) is 24.0. The largest absolute Gasteiger partial charge is 0.573 e. The van der Waals surface area contributed by atoms with Crippen molar-refractivity contribution in [2.75, 3.05) is 23.8 Å². The zero-order chi connectivity index (χ0) is 31.3. The lowest BCUT2D eigenvalue weighted by Gasteiger charge is -2.28. The Morgan fingerprint density at radius 3 is 2.23 bits per heavy atom. The molecule has 1 aliphatic rings. The molecule has 2 aromatic carbocycles. The number of benzene rings is 2. The number of anilines is 2. The number of aromatic nitrogens is 2. The van der Waals surface area contributed by atoms with Gasteiger partial charge in [0.25, 0.3) is 0 Å². The van der Waals surface area contributed by atoms with E-state index in [0.29, 0.717) is 29.2 Å². The monoisotopic (exact) mass is 624 g/mol. The molecule has 0 bridgehead atoms. The predicted octanol–water partition coefficient (Wildman–Crippen LogP) is 5.58. The normalized spacial score (nSPS) is 17.7. The summed E-state index contributed by atoms with van der Waals surface area (Å²) in [6.45, 7) is 5.97. The van der Waals surface area contributed by atoms with Gasteiger partial charge in [0.05, 0.1) is 5.52 Å². The fraction of sp³-hybridized carbons (Fsp3) is 0.464. The van der Waals surface area contributed by atoms with Crippen molar-refractivity contribution in [1.29, 1.82) is 0 Å². The summed E-state index contributed by atoms with van der Waals surface area (Å²) in [5.41, 5.74) is 5.32. The molecular weight excluding hydrogens is 589 g/mol. The van der Waals surface area contributed by atoms with Crippen molar-refractivity contribution in [3.63, 3.8) is 0 Å². The molecule has 15 heteroatoms. The Hall–Kier alpha value is -3.85. The van der Waals surface area contributed by atoms with Gasteiger partial charge >= 0.3 is 12.5 Å². The van der Waals surface area contributed by atoms with Gasteiger partial charge in [0.1, 0.15) is 16.2 Å². The molecule has 1 fully saturated rings. The van der Waals surface area contributed by atoms with Crippen LogP contribution in [0.25, 0.3) is 10.9 Å². The number of hydrogen-bond donors (Lipinski definition) is 4. The molecule has 1 amide bonds. The lowest BCUT2D eigenvalue weighted by molar-refractivity contribution is -0.275. The molecule has 4 rings (SSSR count). The lowest BCUT2D eigenvalue weighted by atomic mass is 9.82. The SMILES string of the molecule is CC(C)(C)OC(=O)NNc1nc(NCC2CCC(CNS(=O)(=O)c3ccccc3OC(F)(F)F)CC2)nc2ccccc12. The maximum Gasteiger partial charge on any atom is 0.573 e. The number of carbonyl (C=O) groups is 1. The molecule has 43 heavy (non-hydrogen) atoms. The van der Waals surface area contributed by atoms with E-state index in [1.165, 1.54) is 12.1 Å². The average Bonchev–Trinajstić information content (AvgIpc) is 2.93. The van der Waals surface area contributed by atoms with Crippen LogP contribution in [0.1, 0.15) is 46.5 Å². The first-order valence-corrected chi connectivity index (χ1v) is 15.3. The molecule has 11 nitrogen and oxygen atoms in total. The summed E-state index contributed by atoms with van der Waals surface area (Å²) in [6.07, 6.45) is -2.56. The third-order valence-corrected chi connectivity index (χ3v) is 8.19. The standard InChI is InChI=1S/C28H35F3N6O5S/c1-27(2,3)42-26(38)37-36-24-20-8-4-5-9-21(20)34-25(35-24)32-16-18-12-14-19(15-13-18)17-33-43(39,40)23-11-7-6-10-22(23)41-28(29,30)31/h4-11,18-19,33H,12-17H2,1-3H3,(H,37,38)(H2,32,34,35,36). The highest BCUT2D eigenvalue weighted by Gasteiger charge is 2.34. The minimum Gasteiger partial charge on any atom is -0.443 e. The lowest BCUT2D eigenvalue weighted by Crippen LogP contribution is -2.36. The fourth-order valence-corrected chi connectivity index (χ4v) is 5.97. The third kappa shape index (κ3) is 9.58. The van der Waals surface area contributed by atoms with E-state index in [9.17, 15) is 26.4 Å². The highest BCUT2D eigenvalue weighted by Crippen LogP contribution is 2.31. The smallest absolute Gasteiger partial charge is 0.443 e. The molecule has 0 unspecified atom stereocenters. The van der Waals surface area contributed by atoms with Gasteiger partial charge in [-0.15, -0.1) is 13.2 Å². The van der Waals surface area contributed by atoms with Crippen LogP contribution in [0.15, 0.2) is 53.4 Å². The molecule has 0 atom stereocenters. The van der Waals surface area contributed by atoms with Crippen LogP contribution in [0.5, 0.6) is 5.75 Å². The van der Waals surface area contributed by atoms with Gasteiger partial charge in [-0.1, -0.05) is 24.3 Å². The first kappa shape index (κ1) is 32.1. The van der Waals surface area contributed by atoms with Crippen LogP contribution in [-0.2, 0) is 14.8 Å². The van der Waals surface area contributed by atoms with E-state index >= 15 is 0 Å². The van der Waals surface area contributed by atoms with Gasteiger partial charge in [-0.2, -0.15) is 4.98 Å². The van der Waals surface area contributed by atoms with Crippen molar-refractivity contribution in [2.45, 2.75) is 63.3 Å². The topological polar surface area (TPSA) is 144 Å². The van der Waals surface area contributed by atoms with Gasteiger partial charge in [0.15, 0.2) is 5.82 Å². The summed E-state index contributed by atoms with van der Waals surface area (Å²) in [6, 6.07) is 12.0. The number of amides is 1. The summed E-state index contributed by atoms with van der Waals surface area (Å²) in [5, 5.41) is 3.97. The number of ether oxygens (including phenoxy) is 2. The molecule has 0 spiro atoms. The minimum absolute atomic E-state index is 0.0355. The molecule has 0 aliphatic heterocycles. The van der Waals surface area contributed by atoms with Crippen LogP contribution < -0.4 is 25.6 Å². The highest BCUT2D eigenvalue weighted by molar-refractivity contribution is 7.89. The Morgan fingerprint density at radius 2 is 1.56 bits per heavy atom. The second-order valence-corrected chi connectivity index (χ2v) is 13.0. The van der Waals surface area contributed by atoms with Gasteiger partial charge in [0, 0.05) is 18.5 Å². The van der Waals surface area contributed by atoms with E-state index in [0.717, 1.165) is 37.8 Å². The maximum atomic E-state index is 12.8. The van der Waals surface area contributed by atoms with Crippen LogP contribution in [0.2, 0.25) is 0 Å². The van der Waals surface area contributed by atoms with E-state index in [2.05, 4.69) is 35.6 Å². The molecule has 1 aliphatic carbocycles. The molecule has 1 heterocycles. The van der Waals surface area contributed by atoms with Crippen LogP contribution in [0.3, 0.4) is 0 Å². The van der Waals surface area contributed by atoms with E-state index in [-0.39, 0.29) is 18.4 Å². The van der Waals surface area contributed by atoms with Gasteiger partial charge in [-0.3, -0.25) is 5.43 Å². The van der Waals surface area contributed by atoms with Crippen molar-refractivity contribution in [1.82, 2.24) is 20.1 Å². The molecule has 1 saturated carbocycles. The average molecular weight is 625 g/mol. The number of para-hydroxylation sites is 2. The minimum atomic E-state index is -5.01. The number of sulfonamides is 1. The van der Waals surface area contributed by atoms with E-state index < -0.39 is 38.7 Å². The number of alkyl halides is 3. The molecule has 4 N–H and O–H groups in total. The van der Waals surface area contributed by atoms with Crippen molar-refractivity contribution >= 4 is 38.8 Å². The summed E-state index contributed by atoms with van der Waals surface area (Å²) in [4.78, 5) is 20.6. The summed E-state index contributed by atoms with van der Waals surface area (Å²) in [5.74, 6) is 0.319. The zero-order valence-corrected chi connectivity index (χ0v) is 24.8. The molecule has 3 aromatic rings. The second-order valence-electron chi connectivity index (χ2n) is 11.3. The molecule has 0 saturated heterocycles. The number of nitrogens with one attached hydrogen (secondary N) is 4. The van der Waals surface area contributed by atoms with Gasteiger partial charge in [0.2, 0.25) is 16.0 Å². The van der Waals surface area contributed by atoms with Gasteiger partial charge in [-0.05, 0) is 82.6 Å². The van der Waals surface area contributed by atoms with Gasteiger partial charge in [-0.25, -0.2) is 28.3 Å². The Balaban J connectivity index is 1.30. The number of rotatable bonds is 10. The second kappa shape index (κ2) is 13.2. The summed E-state index contributed by atoms with van der Waals surface area (Å²) < 4.78 is 75.3. The highest BCUT2D eigenvalue weighted by atomic mass is 32.2. The van der Waals surface area contributed by atoms with Crippen LogP contribution in [0, 0.1) is 11.8 Å². The number of hydrazine groups is 1. The van der Waals surface area contributed by atoms with Crippen molar-refractivity contribution in [2.24, 2.45) is 11.8 Å². The molecule has 1 aromatic heterocycles. The Kier molecular flexibility index (Phi) is 9.85. The molecular formula is C28H35F3N6O5S. The van der Waals surface area contributed by atoms with Crippen LogP contribution in [-0.4, -0.2) is 49.5 Å². The first-order valence-electron chi connectivity index (χ1n) is 13.8. The summed E-state index contributed by atoms with van der Waals surface area (Å²) in [7, 11) is -4.21. The number of hydrogen-bond acceptors (Lipinski definition) is 9. The number of carbonyl (C=O) groups excluding carboxylic acids is 1. The van der Waals surface area contributed by atoms with Gasteiger partial charge < -0.3 is 14.8 Å². The van der Waals surface area contributed by atoms with Crippen molar-refractivity contribution in [3.8, 4) is 5.75 Å². The number of halogens is 3. The predicted molar refractivity (Wildman–Crippen MR) is 155 cm³/mol. The third-order valence-electron chi connectivity index (χ3n) is 6.73. The van der Waals surface area contributed by atoms with Crippen LogP contribution >= 0.6 is 0 Å². The van der Waals surface area contributed by atoms with Crippen molar-refractivity contribution in [3.05, 3.63) is 48.5 Å². The number of nitrogens with zero attached hydrogens (tertiary/aromatic N) is 2. The van der Waals surface area contributed by atoms with Crippen LogP contribution in [0.4, 0.5) is 29.7 Å². The first-order chi connectivity index (χ1) is 20.2. The van der Waals surface area contributed by atoms with E-state index in [1.54, 1.807) is 20.8 Å². The Bertz CT molecular complexity index is 1520. The molecule has 234 valence electrons. The van der Waals surface area contributed by atoms with Crippen molar-refractivity contribution < 1.29 is 35.9 Å². The maximum absolute atomic E-state index is 12.8. The van der Waals surface area contributed by atoms with E-state index in [1.807, 2.05) is 24.3 Å². The quantitative estimate of drug-likeness (QED) is 0.213. The fourth-order valence-electron chi connectivity index (χ4n) is 4.73. The Morgan fingerprint density at radius 1 is 0.930 bits per heavy atom.